The van der Waals surface area contributed by atoms with Gasteiger partial charge in [0.15, 0.2) is 0 Å². The lowest BCUT2D eigenvalue weighted by molar-refractivity contribution is -0.121. The third kappa shape index (κ3) is 5.31. The van der Waals surface area contributed by atoms with E-state index in [2.05, 4.69) is 21.2 Å². The lowest BCUT2D eigenvalue weighted by Crippen LogP contribution is -2.41. The monoisotopic (exact) mass is 454 g/mol. The van der Waals surface area contributed by atoms with E-state index in [9.17, 15) is 13.2 Å². The van der Waals surface area contributed by atoms with Crippen molar-refractivity contribution in [2.75, 3.05) is 20.2 Å². The average Bonchev–Trinajstić information content (AvgIpc) is 2.66. The first-order chi connectivity index (χ1) is 12.8. The highest BCUT2D eigenvalue weighted by molar-refractivity contribution is 9.10. The standard InChI is InChI=1S/C19H23BrN2O4S/c1-4-22(27(24,25)16-11-9-15(20)10-12-16)13-19(23)21-14(2)17-7-5-6-8-18(17)26-3/h5-12,14H,4,13H2,1-3H3,(H,21,23)/t14-/m0/s1. The first kappa shape index (κ1) is 21.4. The van der Waals surface area contributed by atoms with Gasteiger partial charge in [-0.25, -0.2) is 8.42 Å². The zero-order valence-corrected chi connectivity index (χ0v) is 17.9. The van der Waals surface area contributed by atoms with Crippen molar-refractivity contribution in [3.63, 3.8) is 0 Å². The minimum atomic E-state index is -3.75. The van der Waals surface area contributed by atoms with Crippen molar-refractivity contribution in [3.8, 4) is 5.75 Å². The molecular weight excluding hydrogens is 432 g/mol. The highest BCUT2D eigenvalue weighted by atomic mass is 79.9. The van der Waals surface area contributed by atoms with E-state index in [1.165, 1.54) is 12.1 Å². The number of likely N-dealkylation sites (N-methyl/N-ethyl adjacent to an activating group) is 1. The minimum Gasteiger partial charge on any atom is -0.496 e. The molecule has 0 fully saturated rings. The van der Waals surface area contributed by atoms with Crippen LogP contribution in [0.15, 0.2) is 57.9 Å². The number of amides is 1. The summed E-state index contributed by atoms with van der Waals surface area (Å²) in [6, 6.07) is 13.4. The van der Waals surface area contributed by atoms with Gasteiger partial charge < -0.3 is 10.1 Å². The van der Waals surface area contributed by atoms with Gasteiger partial charge in [-0.1, -0.05) is 41.1 Å². The number of ether oxygens (including phenoxy) is 1. The van der Waals surface area contributed by atoms with Crippen LogP contribution in [0.4, 0.5) is 0 Å². The van der Waals surface area contributed by atoms with Crippen molar-refractivity contribution < 1.29 is 17.9 Å². The highest BCUT2D eigenvalue weighted by Gasteiger charge is 2.26. The van der Waals surface area contributed by atoms with Crippen LogP contribution in [-0.4, -0.2) is 38.8 Å². The van der Waals surface area contributed by atoms with Crippen molar-refractivity contribution in [2.45, 2.75) is 24.8 Å². The molecule has 27 heavy (non-hydrogen) atoms. The Morgan fingerprint density at radius 2 is 1.81 bits per heavy atom. The number of nitrogens with one attached hydrogen (secondary N) is 1. The molecule has 8 heteroatoms. The number of nitrogens with zero attached hydrogens (tertiary/aromatic N) is 1. The number of methoxy groups -OCH3 is 1. The van der Waals surface area contributed by atoms with Crippen LogP contribution in [0.5, 0.6) is 5.75 Å². The Hall–Kier alpha value is -1.90. The molecule has 2 aromatic rings. The van der Waals surface area contributed by atoms with Crippen LogP contribution in [0.2, 0.25) is 0 Å². The molecule has 0 aliphatic heterocycles. The molecule has 0 saturated carbocycles. The van der Waals surface area contributed by atoms with Crippen LogP contribution in [0.1, 0.15) is 25.5 Å². The summed E-state index contributed by atoms with van der Waals surface area (Å²) in [5, 5.41) is 2.84. The number of carbonyl (C=O) groups is 1. The average molecular weight is 455 g/mol. The topological polar surface area (TPSA) is 75.7 Å². The fourth-order valence-corrected chi connectivity index (χ4v) is 4.34. The quantitative estimate of drug-likeness (QED) is 0.663. The van der Waals surface area contributed by atoms with Crippen LogP contribution < -0.4 is 10.1 Å². The Kier molecular flexibility index (Phi) is 7.41. The number of sulfonamides is 1. The van der Waals surface area contributed by atoms with Crippen molar-refractivity contribution in [2.24, 2.45) is 0 Å². The van der Waals surface area contributed by atoms with E-state index in [1.807, 2.05) is 31.2 Å². The van der Waals surface area contributed by atoms with Crippen LogP contribution in [0.3, 0.4) is 0 Å². The number of hydrogen-bond donors (Lipinski definition) is 1. The Labute approximate surface area is 168 Å². The molecule has 0 aliphatic carbocycles. The molecule has 0 radical (unpaired) electrons. The number of hydrogen-bond acceptors (Lipinski definition) is 4. The summed E-state index contributed by atoms with van der Waals surface area (Å²) >= 11 is 3.28. The maximum Gasteiger partial charge on any atom is 0.243 e. The lowest BCUT2D eigenvalue weighted by Gasteiger charge is -2.22. The summed E-state index contributed by atoms with van der Waals surface area (Å²) in [5.74, 6) is 0.288. The predicted octanol–water partition coefficient (Wildman–Crippen LogP) is 3.35. The van der Waals surface area contributed by atoms with Crippen molar-refractivity contribution in [3.05, 3.63) is 58.6 Å². The van der Waals surface area contributed by atoms with Gasteiger partial charge in [0, 0.05) is 16.6 Å². The van der Waals surface area contributed by atoms with E-state index in [0.717, 1.165) is 14.3 Å². The fraction of sp³-hybridized carbons (Fsp3) is 0.316. The van der Waals surface area contributed by atoms with Gasteiger partial charge in [0.2, 0.25) is 15.9 Å². The Balaban J connectivity index is 2.11. The van der Waals surface area contributed by atoms with E-state index in [0.29, 0.717) is 5.75 Å². The zero-order valence-electron chi connectivity index (χ0n) is 15.5. The molecule has 1 atom stereocenters. The highest BCUT2D eigenvalue weighted by Crippen LogP contribution is 2.24. The molecule has 1 N–H and O–H groups in total. The summed E-state index contributed by atoms with van der Waals surface area (Å²) < 4.78 is 32.8. The van der Waals surface area contributed by atoms with Gasteiger partial charge in [-0.2, -0.15) is 4.31 Å². The molecule has 2 aromatic carbocycles. The van der Waals surface area contributed by atoms with E-state index in [1.54, 1.807) is 26.2 Å². The second-order valence-electron chi connectivity index (χ2n) is 5.92. The minimum absolute atomic E-state index is 0.151. The smallest absolute Gasteiger partial charge is 0.243 e. The molecule has 0 aliphatic rings. The first-order valence-corrected chi connectivity index (χ1v) is 10.7. The molecule has 0 spiro atoms. The fourth-order valence-electron chi connectivity index (χ4n) is 2.67. The maximum absolute atomic E-state index is 12.8. The largest absolute Gasteiger partial charge is 0.496 e. The van der Waals surface area contributed by atoms with E-state index in [-0.39, 0.29) is 29.9 Å². The van der Waals surface area contributed by atoms with Crippen molar-refractivity contribution >= 4 is 31.9 Å². The van der Waals surface area contributed by atoms with Crippen LogP contribution in [-0.2, 0) is 14.8 Å². The van der Waals surface area contributed by atoms with Gasteiger partial charge in [-0.3, -0.25) is 4.79 Å². The first-order valence-electron chi connectivity index (χ1n) is 8.47. The van der Waals surface area contributed by atoms with Crippen molar-refractivity contribution in [1.29, 1.82) is 0 Å². The van der Waals surface area contributed by atoms with Crippen LogP contribution in [0, 0.1) is 0 Å². The van der Waals surface area contributed by atoms with Crippen molar-refractivity contribution in [1.82, 2.24) is 9.62 Å². The summed E-state index contributed by atoms with van der Waals surface area (Å²) in [6.45, 7) is 3.46. The van der Waals surface area contributed by atoms with Gasteiger partial charge >= 0.3 is 0 Å². The lowest BCUT2D eigenvalue weighted by atomic mass is 10.1. The Bertz CT molecular complexity index is 885. The van der Waals surface area contributed by atoms with Gasteiger partial charge in [0.05, 0.1) is 24.6 Å². The van der Waals surface area contributed by atoms with Gasteiger partial charge in [0.1, 0.15) is 5.75 Å². The summed E-state index contributed by atoms with van der Waals surface area (Å²) in [4.78, 5) is 12.6. The second-order valence-corrected chi connectivity index (χ2v) is 8.77. The number of halogens is 1. The Morgan fingerprint density at radius 3 is 2.41 bits per heavy atom. The van der Waals surface area contributed by atoms with Gasteiger partial charge in [-0.15, -0.1) is 0 Å². The molecule has 0 unspecified atom stereocenters. The van der Waals surface area contributed by atoms with Gasteiger partial charge in [-0.05, 0) is 37.3 Å². The van der Waals surface area contributed by atoms with E-state index >= 15 is 0 Å². The molecule has 1 amide bonds. The second kappa shape index (κ2) is 9.34. The molecule has 0 saturated heterocycles. The summed E-state index contributed by atoms with van der Waals surface area (Å²) in [6.07, 6.45) is 0. The number of para-hydroxylation sites is 1. The third-order valence-electron chi connectivity index (χ3n) is 4.11. The number of rotatable bonds is 8. The molecule has 0 aromatic heterocycles. The predicted molar refractivity (Wildman–Crippen MR) is 108 cm³/mol. The Morgan fingerprint density at radius 1 is 1.19 bits per heavy atom. The molecule has 0 heterocycles. The number of carbonyl (C=O) groups excluding carboxylic acids is 1. The van der Waals surface area contributed by atoms with E-state index in [4.69, 9.17) is 4.74 Å². The SMILES string of the molecule is CCN(CC(=O)N[C@@H](C)c1ccccc1OC)S(=O)(=O)c1ccc(Br)cc1. The van der Waals surface area contributed by atoms with E-state index < -0.39 is 10.0 Å². The molecule has 6 nitrogen and oxygen atoms in total. The maximum atomic E-state index is 12.8. The molecule has 0 bridgehead atoms. The zero-order chi connectivity index (χ0) is 20.0. The molecule has 146 valence electrons. The summed E-state index contributed by atoms with van der Waals surface area (Å²) in [5.41, 5.74) is 0.826. The molecular formula is C19H23BrN2O4S. The summed E-state index contributed by atoms with van der Waals surface area (Å²) in [7, 11) is -2.18. The normalized spacial score (nSPS) is 12.6. The number of benzene rings is 2. The molecule has 2 rings (SSSR count). The van der Waals surface area contributed by atoms with Gasteiger partial charge in [0.25, 0.3) is 0 Å². The van der Waals surface area contributed by atoms with Crippen LogP contribution in [0.25, 0.3) is 0 Å². The third-order valence-corrected chi connectivity index (χ3v) is 6.57. The van der Waals surface area contributed by atoms with Crippen LogP contribution >= 0.6 is 15.9 Å².